The lowest BCUT2D eigenvalue weighted by atomic mass is 9.65. The minimum Gasteiger partial charge on any atom is -0.327 e. The molecule has 0 aromatic heterocycles. The number of carbonyl (C=O) groups is 2. The Labute approximate surface area is 165 Å². The first-order chi connectivity index (χ1) is 13.6. The van der Waals surface area contributed by atoms with Gasteiger partial charge in [0.2, 0.25) is 5.91 Å². The van der Waals surface area contributed by atoms with E-state index in [1.807, 2.05) is 42.5 Å². The fourth-order valence-electron chi connectivity index (χ4n) is 4.72. The van der Waals surface area contributed by atoms with Gasteiger partial charge in [0.25, 0.3) is 5.91 Å². The van der Waals surface area contributed by atoms with Gasteiger partial charge >= 0.3 is 0 Å². The molecule has 0 radical (unpaired) electrons. The molecular formula is C23H27N3O2. The van der Waals surface area contributed by atoms with E-state index < -0.39 is 0 Å². The van der Waals surface area contributed by atoms with E-state index in [4.69, 9.17) is 5.73 Å². The second-order valence-electron chi connectivity index (χ2n) is 8.05. The van der Waals surface area contributed by atoms with Crippen LogP contribution >= 0.6 is 0 Å². The van der Waals surface area contributed by atoms with E-state index in [0.717, 1.165) is 25.7 Å². The molecule has 146 valence electrons. The van der Waals surface area contributed by atoms with E-state index in [9.17, 15) is 9.59 Å². The summed E-state index contributed by atoms with van der Waals surface area (Å²) in [6.07, 6.45) is 5.21. The number of nitrogens with two attached hydrogens (primary N) is 1. The normalized spacial score (nSPS) is 26.3. The van der Waals surface area contributed by atoms with Crippen molar-refractivity contribution in [2.75, 3.05) is 10.6 Å². The molecule has 0 heterocycles. The Morgan fingerprint density at radius 3 is 2.04 bits per heavy atom. The molecule has 0 saturated heterocycles. The van der Waals surface area contributed by atoms with Crippen LogP contribution < -0.4 is 16.4 Å². The van der Waals surface area contributed by atoms with Gasteiger partial charge in [0.05, 0.1) is 11.4 Å². The molecule has 2 aliphatic carbocycles. The lowest BCUT2D eigenvalue weighted by Crippen LogP contribution is -2.48. The smallest absolute Gasteiger partial charge is 0.255 e. The predicted molar refractivity (Wildman–Crippen MR) is 111 cm³/mol. The van der Waals surface area contributed by atoms with Crippen molar-refractivity contribution in [3.05, 3.63) is 60.2 Å². The summed E-state index contributed by atoms with van der Waals surface area (Å²) in [7, 11) is 0. The van der Waals surface area contributed by atoms with Gasteiger partial charge in [-0.25, -0.2) is 0 Å². The third-order valence-electron chi connectivity index (χ3n) is 6.25. The van der Waals surface area contributed by atoms with Crippen molar-refractivity contribution in [2.45, 2.75) is 38.1 Å². The molecule has 4 N–H and O–H groups in total. The van der Waals surface area contributed by atoms with Crippen molar-refractivity contribution in [1.82, 2.24) is 0 Å². The zero-order valence-electron chi connectivity index (χ0n) is 15.9. The fraction of sp³-hybridized carbons (Fsp3) is 0.391. The second-order valence-corrected chi connectivity index (χ2v) is 8.05. The van der Waals surface area contributed by atoms with Crippen LogP contribution in [0.4, 0.5) is 11.4 Å². The average Bonchev–Trinajstić information content (AvgIpc) is 2.70. The van der Waals surface area contributed by atoms with Crippen LogP contribution in [0.1, 0.15) is 42.5 Å². The minimum absolute atomic E-state index is 0.00650. The van der Waals surface area contributed by atoms with Crippen molar-refractivity contribution in [3.8, 4) is 0 Å². The summed E-state index contributed by atoms with van der Waals surface area (Å²) in [6, 6.07) is 16.6. The fourth-order valence-corrected chi connectivity index (χ4v) is 4.72. The Bertz CT molecular complexity index is 838. The van der Waals surface area contributed by atoms with Gasteiger partial charge in [-0.05, 0) is 61.8 Å². The summed E-state index contributed by atoms with van der Waals surface area (Å²) < 4.78 is 0. The highest BCUT2D eigenvalue weighted by Crippen LogP contribution is 2.42. The second kappa shape index (κ2) is 8.15. The van der Waals surface area contributed by atoms with Gasteiger partial charge in [0.1, 0.15) is 0 Å². The molecule has 5 heteroatoms. The first kappa shape index (κ1) is 18.7. The summed E-state index contributed by atoms with van der Waals surface area (Å²) in [4.78, 5) is 25.4. The summed E-state index contributed by atoms with van der Waals surface area (Å²) in [6.45, 7) is 0. The molecule has 4 rings (SSSR count). The van der Waals surface area contributed by atoms with Gasteiger partial charge in [-0.3, -0.25) is 9.59 Å². The number of benzene rings is 2. The van der Waals surface area contributed by atoms with Gasteiger partial charge in [0, 0.05) is 17.5 Å². The Balaban J connectivity index is 1.45. The quantitative estimate of drug-likeness (QED) is 0.752. The Morgan fingerprint density at radius 2 is 1.39 bits per heavy atom. The maximum absolute atomic E-state index is 12.9. The van der Waals surface area contributed by atoms with Crippen LogP contribution in [0.15, 0.2) is 54.6 Å². The molecule has 0 spiro atoms. The highest BCUT2D eigenvalue weighted by Gasteiger charge is 2.40. The lowest BCUT2D eigenvalue weighted by molar-refractivity contribution is -0.122. The van der Waals surface area contributed by atoms with Gasteiger partial charge in [0.15, 0.2) is 0 Å². The van der Waals surface area contributed by atoms with Crippen molar-refractivity contribution in [3.63, 3.8) is 0 Å². The largest absolute Gasteiger partial charge is 0.327 e. The Morgan fingerprint density at radius 1 is 0.821 bits per heavy atom. The molecule has 2 amide bonds. The van der Waals surface area contributed by atoms with Crippen LogP contribution in [0.2, 0.25) is 0 Å². The van der Waals surface area contributed by atoms with Crippen molar-refractivity contribution < 1.29 is 9.59 Å². The Kier molecular flexibility index (Phi) is 5.44. The third kappa shape index (κ3) is 3.94. The number of anilines is 2. The van der Waals surface area contributed by atoms with Crippen molar-refractivity contribution in [1.29, 1.82) is 0 Å². The lowest BCUT2D eigenvalue weighted by Gasteiger charge is -2.43. The molecule has 2 aromatic rings. The van der Waals surface area contributed by atoms with Gasteiger partial charge in [-0.2, -0.15) is 0 Å². The first-order valence-electron chi connectivity index (χ1n) is 10.1. The molecule has 28 heavy (non-hydrogen) atoms. The molecule has 2 aromatic carbocycles. The topological polar surface area (TPSA) is 84.2 Å². The van der Waals surface area contributed by atoms with E-state index in [1.54, 1.807) is 12.1 Å². The summed E-state index contributed by atoms with van der Waals surface area (Å²) in [5, 5.41) is 5.96. The molecule has 2 aliphatic rings. The Hall–Kier alpha value is -2.66. The third-order valence-corrected chi connectivity index (χ3v) is 6.25. The van der Waals surface area contributed by atoms with E-state index in [1.165, 1.54) is 6.42 Å². The van der Waals surface area contributed by atoms with E-state index in [2.05, 4.69) is 10.6 Å². The first-order valence-corrected chi connectivity index (χ1v) is 10.1. The monoisotopic (exact) mass is 377 g/mol. The summed E-state index contributed by atoms with van der Waals surface area (Å²) in [5.41, 5.74) is 8.18. The molecular weight excluding hydrogens is 350 g/mol. The molecule has 2 unspecified atom stereocenters. The standard InChI is InChI=1S/C23H27N3O2/c24-21-16-9-6-10-17(21)14-18(13-16)23(28)26-20-12-5-4-11-19(20)25-22(27)15-7-2-1-3-8-15/h1-5,7-8,11-12,16-18,21H,6,9-10,13-14,24H2,(H,25,27)(H,26,28). The van der Waals surface area contributed by atoms with Gasteiger partial charge < -0.3 is 16.4 Å². The van der Waals surface area contributed by atoms with Crippen LogP contribution in [-0.2, 0) is 4.79 Å². The van der Waals surface area contributed by atoms with Crippen LogP contribution in [0.5, 0.6) is 0 Å². The van der Waals surface area contributed by atoms with Crippen LogP contribution in [0.3, 0.4) is 0 Å². The van der Waals surface area contributed by atoms with Crippen LogP contribution in [-0.4, -0.2) is 17.9 Å². The van der Waals surface area contributed by atoms with Crippen molar-refractivity contribution >= 4 is 23.2 Å². The highest BCUT2D eigenvalue weighted by atomic mass is 16.2. The molecule has 5 nitrogen and oxygen atoms in total. The maximum Gasteiger partial charge on any atom is 0.255 e. The highest BCUT2D eigenvalue weighted by molar-refractivity contribution is 6.07. The number of hydrogen-bond donors (Lipinski definition) is 3. The number of carbonyl (C=O) groups excluding carboxylic acids is 2. The van der Waals surface area contributed by atoms with Gasteiger partial charge in [-0.1, -0.05) is 36.8 Å². The zero-order valence-corrected chi connectivity index (χ0v) is 15.9. The van der Waals surface area contributed by atoms with E-state index >= 15 is 0 Å². The number of rotatable bonds is 4. The predicted octanol–water partition coefficient (Wildman–Crippen LogP) is 4.03. The maximum atomic E-state index is 12.9. The van der Waals surface area contributed by atoms with Crippen LogP contribution in [0, 0.1) is 17.8 Å². The van der Waals surface area contributed by atoms with Crippen LogP contribution in [0.25, 0.3) is 0 Å². The van der Waals surface area contributed by atoms with E-state index in [-0.39, 0.29) is 23.8 Å². The number of fused-ring (bicyclic) bond motifs is 2. The number of hydrogen-bond acceptors (Lipinski definition) is 3. The number of para-hydroxylation sites is 2. The molecule has 2 bridgehead atoms. The minimum atomic E-state index is -0.194. The zero-order chi connectivity index (χ0) is 19.5. The molecule has 2 fully saturated rings. The SMILES string of the molecule is NC1C2CCCC1CC(C(=O)Nc1ccccc1NC(=O)c1ccccc1)C2. The number of amides is 2. The van der Waals surface area contributed by atoms with Gasteiger partial charge in [-0.15, -0.1) is 0 Å². The van der Waals surface area contributed by atoms with Crippen molar-refractivity contribution in [2.24, 2.45) is 23.5 Å². The summed E-state index contributed by atoms with van der Waals surface area (Å²) >= 11 is 0. The molecule has 2 atom stereocenters. The summed E-state index contributed by atoms with van der Waals surface area (Å²) in [5.74, 6) is 0.742. The average molecular weight is 377 g/mol. The molecule has 2 saturated carbocycles. The number of nitrogens with one attached hydrogen (secondary N) is 2. The molecule has 0 aliphatic heterocycles. The van der Waals surface area contributed by atoms with E-state index in [0.29, 0.717) is 28.8 Å².